The highest BCUT2D eigenvalue weighted by Gasteiger charge is 2.41. The normalized spacial score (nSPS) is 23.6. The summed E-state index contributed by atoms with van der Waals surface area (Å²) in [5.74, 6) is -0.207. The van der Waals surface area contributed by atoms with Crippen LogP contribution in [0.5, 0.6) is 5.75 Å². The van der Waals surface area contributed by atoms with Crippen LogP contribution in [0.15, 0.2) is 18.2 Å². The molecule has 2 rings (SSSR count). The van der Waals surface area contributed by atoms with Gasteiger partial charge in [0, 0.05) is 12.8 Å². The van der Waals surface area contributed by atoms with Gasteiger partial charge in [-0.15, -0.1) is 0 Å². The summed E-state index contributed by atoms with van der Waals surface area (Å²) in [7, 11) is 1.33. The van der Waals surface area contributed by atoms with E-state index in [-0.39, 0.29) is 5.75 Å². The van der Waals surface area contributed by atoms with Gasteiger partial charge in [-0.2, -0.15) is 0 Å². The predicted octanol–water partition coefficient (Wildman–Crippen LogP) is 0.361. The van der Waals surface area contributed by atoms with Crippen LogP contribution in [-0.4, -0.2) is 23.7 Å². The molecule has 1 aromatic carbocycles. The number of methoxy groups -OCH3 is 1. The first-order chi connectivity index (χ1) is 7.05. The maximum atomic E-state index is 11.5. The molecule has 0 aliphatic heterocycles. The Morgan fingerprint density at radius 1 is 1.47 bits per heavy atom. The number of carbonyl (C=O) groups is 1. The minimum Gasteiger partial charge on any atom is -0.508 e. The van der Waals surface area contributed by atoms with E-state index in [9.17, 15) is 9.90 Å². The molecule has 0 saturated heterocycles. The maximum absolute atomic E-state index is 11.5. The SMILES string of the molecule is COC(=O)C1(N)Cc2ccc(O)cc2C1. The van der Waals surface area contributed by atoms with Crippen molar-refractivity contribution in [1.29, 1.82) is 0 Å². The van der Waals surface area contributed by atoms with Gasteiger partial charge in [0.2, 0.25) is 0 Å². The van der Waals surface area contributed by atoms with Gasteiger partial charge in [-0.05, 0) is 23.3 Å². The number of rotatable bonds is 1. The van der Waals surface area contributed by atoms with Gasteiger partial charge in [0.15, 0.2) is 0 Å². The number of fused-ring (bicyclic) bond motifs is 1. The number of benzene rings is 1. The summed E-state index contributed by atoms with van der Waals surface area (Å²) in [6.45, 7) is 0. The van der Waals surface area contributed by atoms with Gasteiger partial charge in [-0.1, -0.05) is 6.07 Å². The van der Waals surface area contributed by atoms with E-state index in [1.54, 1.807) is 18.2 Å². The van der Waals surface area contributed by atoms with Crippen LogP contribution in [0.25, 0.3) is 0 Å². The lowest BCUT2D eigenvalue weighted by atomic mass is 9.98. The van der Waals surface area contributed by atoms with Crippen molar-refractivity contribution in [3.8, 4) is 5.75 Å². The van der Waals surface area contributed by atoms with Crippen LogP contribution in [0, 0.1) is 0 Å². The number of hydrogen-bond acceptors (Lipinski definition) is 4. The summed E-state index contributed by atoms with van der Waals surface area (Å²) in [4.78, 5) is 11.5. The zero-order valence-electron chi connectivity index (χ0n) is 8.49. The molecular weight excluding hydrogens is 194 g/mol. The molecule has 0 saturated carbocycles. The summed E-state index contributed by atoms with van der Waals surface area (Å²) >= 11 is 0. The van der Waals surface area contributed by atoms with Gasteiger partial charge in [0.25, 0.3) is 0 Å². The van der Waals surface area contributed by atoms with Gasteiger partial charge in [-0.3, -0.25) is 4.79 Å². The zero-order chi connectivity index (χ0) is 11.1. The topological polar surface area (TPSA) is 72.5 Å². The van der Waals surface area contributed by atoms with E-state index in [1.807, 2.05) is 0 Å². The first kappa shape index (κ1) is 9.98. The quantitative estimate of drug-likeness (QED) is 0.652. The average Bonchev–Trinajstić information content (AvgIpc) is 2.53. The minimum absolute atomic E-state index is 0.197. The van der Waals surface area contributed by atoms with Gasteiger partial charge in [0.1, 0.15) is 11.3 Å². The Balaban J connectivity index is 2.32. The van der Waals surface area contributed by atoms with Crippen LogP contribution in [0.3, 0.4) is 0 Å². The van der Waals surface area contributed by atoms with Crippen molar-refractivity contribution in [2.75, 3.05) is 7.11 Å². The fraction of sp³-hybridized carbons (Fsp3) is 0.364. The molecule has 4 nitrogen and oxygen atoms in total. The number of phenols is 1. The third kappa shape index (κ3) is 1.57. The molecule has 0 radical (unpaired) electrons. The Hall–Kier alpha value is -1.55. The first-order valence-electron chi connectivity index (χ1n) is 4.73. The van der Waals surface area contributed by atoms with E-state index < -0.39 is 11.5 Å². The number of esters is 1. The van der Waals surface area contributed by atoms with Crippen molar-refractivity contribution in [3.63, 3.8) is 0 Å². The molecule has 1 aliphatic rings. The molecule has 1 aliphatic carbocycles. The van der Waals surface area contributed by atoms with Crippen LogP contribution >= 0.6 is 0 Å². The Bertz CT molecular complexity index is 416. The fourth-order valence-corrected chi connectivity index (χ4v) is 2.04. The second-order valence-corrected chi connectivity index (χ2v) is 3.95. The van der Waals surface area contributed by atoms with Crippen LogP contribution in [0.2, 0.25) is 0 Å². The molecule has 15 heavy (non-hydrogen) atoms. The lowest BCUT2D eigenvalue weighted by Gasteiger charge is -2.19. The molecule has 80 valence electrons. The Kier molecular flexibility index (Phi) is 2.16. The predicted molar refractivity (Wildman–Crippen MR) is 54.4 cm³/mol. The molecule has 1 unspecified atom stereocenters. The highest BCUT2D eigenvalue weighted by Crippen LogP contribution is 2.31. The summed E-state index contributed by atoms with van der Waals surface area (Å²) in [5.41, 5.74) is 6.91. The maximum Gasteiger partial charge on any atom is 0.326 e. The van der Waals surface area contributed by atoms with Crippen LogP contribution < -0.4 is 5.73 Å². The lowest BCUT2D eigenvalue weighted by Crippen LogP contribution is -2.49. The molecule has 0 amide bonds. The first-order valence-corrected chi connectivity index (χ1v) is 4.73. The van der Waals surface area contributed by atoms with Crippen molar-refractivity contribution in [2.45, 2.75) is 18.4 Å². The molecule has 0 spiro atoms. The van der Waals surface area contributed by atoms with Crippen molar-refractivity contribution in [3.05, 3.63) is 29.3 Å². The number of phenolic OH excluding ortho intramolecular Hbond substituents is 1. The average molecular weight is 207 g/mol. The number of ether oxygens (including phenoxy) is 1. The fourth-order valence-electron chi connectivity index (χ4n) is 2.04. The Morgan fingerprint density at radius 3 is 2.80 bits per heavy atom. The summed E-state index contributed by atoms with van der Waals surface area (Å²) < 4.78 is 4.67. The standard InChI is InChI=1S/C11H13NO3/c1-15-10(14)11(12)5-7-2-3-9(13)4-8(7)6-11/h2-4,13H,5-6,12H2,1H3. The van der Waals surface area contributed by atoms with Gasteiger partial charge >= 0.3 is 5.97 Å². The van der Waals surface area contributed by atoms with E-state index in [0.29, 0.717) is 12.8 Å². The number of nitrogens with two attached hydrogens (primary N) is 1. The summed E-state index contributed by atoms with van der Waals surface area (Å²) in [6, 6.07) is 5.04. The van der Waals surface area contributed by atoms with E-state index in [4.69, 9.17) is 5.73 Å². The van der Waals surface area contributed by atoms with Gasteiger partial charge in [0.05, 0.1) is 7.11 Å². The largest absolute Gasteiger partial charge is 0.508 e. The number of hydrogen-bond donors (Lipinski definition) is 2. The monoisotopic (exact) mass is 207 g/mol. The van der Waals surface area contributed by atoms with Crippen molar-refractivity contribution < 1.29 is 14.6 Å². The molecule has 0 bridgehead atoms. The number of aromatic hydroxyl groups is 1. The van der Waals surface area contributed by atoms with E-state index >= 15 is 0 Å². The van der Waals surface area contributed by atoms with E-state index in [0.717, 1.165) is 11.1 Å². The lowest BCUT2D eigenvalue weighted by molar-refractivity contribution is -0.146. The molecule has 0 aromatic heterocycles. The molecule has 0 heterocycles. The highest BCUT2D eigenvalue weighted by atomic mass is 16.5. The summed E-state index contributed by atoms with van der Waals surface area (Å²) in [6.07, 6.45) is 0.888. The van der Waals surface area contributed by atoms with Crippen LogP contribution in [-0.2, 0) is 22.4 Å². The van der Waals surface area contributed by atoms with Gasteiger partial charge < -0.3 is 15.6 Å². The second kappa shape index (κ2) is 3.24. The van der Waals surface area contributed by atoms with E-state index in [1.165, 1.54) is 7.11 Å². The molecule has 0 fully saturated rings. The van der Waals surface area contributed by atoms with Crippen molar-refractivity contribution >= 4 is 5.97 Å². The van der Waals surface area contributed by atoms with Crippen molar-refractivity contribution in [2.24, 2.45) is 5.73 Å². The van der Waals surface area contributed by atoms with Crippen LogP contribution in [0.1, 0.15) is 11.1 Å². The molecule has 1 atom stereocenters. The molecule has 1 aromatic rings. The van der Waals surface area contributed by atoms with E-state index in [2.05, 4.69) is 4.74 Å². The Labute approximate surface area is 87.7 Å². The van der Waals surface area contributed by atoms with Crippen molar-refractivity contribution in [1.82, 2.24) is 0 Å². The van der Waals surface area contributed by atoms with Crippen LogP contribution in [0.4, 0.5) is 0 Å². The minimum atomic E-state index is -0.967. The molecule has 4 heteroatoms. The number of carbonyl (C=O) groups excluding carboxylic acids is 1. The third-order valence-corrected chi connectivity index (χ3v) is 2.79. The van der Waals surface area contributed by atoms with Gasteiger partial charge in [-0.25, -0.2) is 0 Å². The highest BCUT2D eigenvalue weighted by molar-refractivity contribution is 5.82. The Morgan fingerprint density at radius 2 is 2.13 bits per heavy atom. The smallest absolute Gasteiger partial charge is 0.326 e. The zero-order valence-corrected chi connectivity index (χ0v) is 8.49. The molecular formula is C11H13NO3. The molecule has 3 N–H and O–H groups in total. The summed E-state index contributed by atoms with van der Waals surface area (Å²) in [5, 5.41) is 9.31. The second-order valence-electron chi connectivity index (χ2n) is 3.95. The third-order valence-electron chi connectivity index (χ3n) is 2.79.